The summed E-state index contributed by atoms with van der Waals surface area (Å²) in [6, 6.07) is 6.72. The second-order valence-corrected chi connectivity index (χ2v) is 5.41. The molecule has 0 spiro atoms. The first-order chi connectivity index (χ1) is 8.16. The van der Waals surface area contributed by atoms with Gasteiger partial charge in [0.25, 0.3) is 0 Å². The van der Waals surface area contributed by atoms with Crippen molar-refractivity contribution in [2.24, 2.45) is 5.73 Å². The van der Waals surface area contributed by atoms with Crippen LogP contribution in [-0.4, -0.2) is 32.3 Å². The van der Waals surface area contributed by atoms with E-state index in [9.17, 15) is 0 Å². The highest BCUT2D eigenvalue weighted by Crippen LogP contribution is 2.25. The molecule has 1 saturated heterocycles. The molecule has 1 aromatic carbocycles. The molecule has 0 bridgehead atoms. The van der Waals surface area contributed by atoms with E-state index in [1.807, 2.05) is 6.92 Å². The first-order valence-electron chi connectivity index (χ1n) is 6.03. The molecule has 2 rings (SSSR count). The maximum absolute atomic E-state index is 5.83. The van der Waals surface area contributed by atoms with E-state index in [-0.39, 0.29) is 18.4 Å². The fourth-order valence-corrected chi connectivity index (χ4v) is 2.60. The summed E-state index contributed by atoms with van der Waals surface area (Å²) in [4.78, 5) is 2.35. The molecule has 1 aliphatic rings. The zero-order valence-electron chi connectivity index (χ0n) is 10.6. The molecule has 1 fully saturated rings. The topological polar surface area (TPSA) is 38.5 Å². The Morgan fingerprint density at radius 3 is 2.61 bits per heavy atom. The number of nitrogens with two attached hydrogens (primary N) is 1. The van der Waals surface area contributed by atoms with Gasteiger partial charge in [-0.05, 0) is 31.0 Å². The number of halogens is 2. The van der Waals surface area contributed by atoms with E-state index in [1.54, 1.807) is 0 Å². The van der Waals surface area contributed by atoms with Crippen molar-refractivity contribution in [3.05, 3.63) is 28.2 Å². The zero-order chi connectivity index (χ0) is 12.3. The van der Waals surface area contributed by atoms with Crippen LogP contribution in [0.2, 0.25) is 0 Å². The molecule has 1 unspecified atom stereocenters. The number of nitrogens with zero attached hydrogens (tertiary/aromatic N) is 1. The number of rotatable bonds is 3. The third-order valence-electron chi connectivity index (χ3n) is 2.95. The quantitative estimate of drug-likeness (QED) is 0.923. The van der Waals surface area contributed by atoms with Gasteiger partial charge in [-0.1, -0.05) is 22.0 Å². The van der Waals surface area contributed by atoms with E-state index in [0.29, 0.717) is 0 Å². The molecule has 1 atom stereocenters. The molecule has 1 heterocycles. The highest BCUT2D eigenvalue weighted by atomic mass is 79.9. The fourth-order valence-electron chi connectivity index (χ4n) is 2.07. The zero-order valence-corrected chi connectivity index (χ0v) is 13.0. The lowest BCUT2D eigenvalue weighted by Crippen LogP contribution is -2.36. The smallest absolute Gasteiger partial charge is 0.0642 e. The second kappa shape index (κ2) is 7.34. The van der Waals surface area contributed by atoms with Crippen molar-refractivity contribution in [2.75, 3.05) is 31.2 Å². The van der Waals surface area contributed by atoms with Crippen molar-refractivity contribution in [2.45, 2.75) is 19.4 Å². The highest BCUT2D eigenvalue weighted by molar-refractivity contribution is 9.10. The van der Waals surface area contributed by atoms with Gasteiger partial charge in [0.15, 0.2) is 0 Å². The first kappa shape index (κ1) is 15.8. The van der Waals surface area contributed by atoms with Crippen LogP contribution in [0.4, 0.5) is 5.69 Å². The van der Waals surface area contributed by atoms with E-state index in [0.717, 1.165) is 37.2 Å². The van der Waals surface area contributed by atoms with Crippen LogP contribution in [0.5, 0.6) is 0 Å². The maximum Gasteiger partial charge on any atom is 0.0642 e. The van der Waals surface area contributed by atoms with Crippen molar-refractivity contribution in [3.8, 4) is 0 Å². The van der Waals surface area contributed by atoms with Gasteiger partial charge in [-0.2, -0.15) is 0 Å². The third kappa shape index (κ3) is 4.12. The lowest BCUT2D eigenvalue weighted by atomic mass is 10.1. The summed E-state index contributed by atoms with van der Waals surface area (Å²) < 4.78 is 6.51. The Morgan fingerprint density at radius 1 is 1.39 bits per heavy atom. The lowest BCUT2D eigenvalue weighted by molar-refractivity contribution is 0.122. The van der Waals surface area contributed by atoms with Gasteiger partial charge in [0.05, 0.1) is 13.2 Å². The number of morpholine rings is 1. The molecule has 1 aliphatic heterocycles. The van der Waals surface area contributed by atoms with E-state index in [1.165, 1.54) is 11.3 Å². The number of benzene rings is 1. The second-order valence-electron chi connectivity index (χ2n) is 4.56. The molecule has 102 valence electrons. The van der Waals surface area contributed by atoms with Crippen molar-refractivity contribution in [3.63, 3.8) is 0 Å². The molecule has 5 heteroatoms. The summed E-state index contributed by atoms with van der Waals surface area (Å²) in [7, 11) is 0. The minimum Gasteiger partial charge on any atom is -0.378 e. The summed E-state index contributed by atoms with van der Waals surface area (Å²) >= 11 is 3.63. The van der Waals surface area contributed by atoms with Gasteiger partial charge in [-0.15, -0.1) is 12.4 Å². The maximum atomic E-state index is 5.83. The van der Waals surface area contributed by atoms with Gasteiger partial charge < -0.3 is 15.4 Å². The normalized spacial score (nSPS) is 17.2. The van der Waals surface area contributed by atoms with Gasteiger partial charge in [-0.3, -0.25) is 0 Å². The monoisotopic (exact) mass is 334 g/mol. The third-order valence-corrected chi connectivity index (χ3v) is 3.69. The molecule has 18 heavy (non-hydrogen) atoms. The highest BCUT2D eigenvalue weighted by Gasteiger charge is 2.12. The molecule has 0 amide bonds. The van der Waals surface area contributed by atoms with Gasteiger partial charge >= 0.3 is 0 Å². The average molecular weight is 336 g/mol. The Labute approximate surface area is 123 Å². The summed E-state index contributed by atoms with van der Waals surface area (Å²) in [5.41, 5.74) is 8.36. The number of anilines is 1. The van der Waals surface area contributed by atoms with Gasteiger partial charge in [0.1, 0.15) is 0 Å². The van der Waals surface area contributed by atoms with Crippen LogP contribution >= 0.6 is 28.3 Å². The minimum atomic E-state index is 0. The van der Waals surface area contributed by atoms with E-state index in [2.05, 4.69) is 39.0 Å². The van der Waals surface area contributed by atoms with Crippen LogP contribution in [-0.2, 0) is 11.2 Å². The SMILES string of the molecule is CC(N)Cc1ccc(N2CCOCC2)cc1Br.Cl. The number of hydrogen-bond acceptors (Lipinski definition) is 3. The molecule has 2 N–H and O–H groups in total. The molecule has 1 aromatic rings. The van der Waals surface area contributed by atoms with Gasteiger partial charge in [0.2, 0.25) is 0 Å². The first-order valence-corrected chi connectivity index (χ1v) is 6.83. The molecule has 0 aliphatic carbocycles. The summed E-state index contributed by atoms with van der Waals surface area (Å²) in [6.45, 7) is 5.61. The fraction of sp³-hybridized carbons (Fsp3) is 0.538. The molecule has 3 nitrogen and oxygen atoms in total. The summed E-state index contributed by atoms with van der Waals surface area (Å²) in [5, 5.41) is 0. The van der Waals surface area contributed by atoms with Crippen molar-refractivity contribution in [1.82, 2.24) is 0 Å². The van der Waals surface area contributed by atoms with Crippen LogP contribution in [0.1, 0.15) is 12.5 Å². The molecule has 0 aromatic heterocycles. The summed E-state index contributed by atoms with van der Waals surface area (Å²) in [6.07, 6.45) is 0.907. The summed E-state index contributed by atoms with van der Waals surface area (Å²) in [5.74, 6) is 0. The molecule has 0 saturated carbocycles. The van der Waals surface area contributed by atoms with Crippen molar-refractivity contribution in [1.29, 1.82) is 0 Å². The Hall–Kier alpha value is -0.290. The standard InChI is InChI=1S/C13H19BrN2O.ClH/c1-10(15)8-11-2-3-12(9-13(11)14)16-4-6-17-7-5-16;/h2-3,9-10H,4-8,15H2,1H3;1H. The van der Waals surface area contributed by atoms with Gasteiger partial charge in [-0.25, -0.2) is 0 Å². The molecular formula is C13H20BrClN2O. The molecular weight excluding hydrogens is 316 g/mol. The lowest BCUT2D eigenvalue weighted by Gasteiger charge is -2.29. The predicted octanol–water partition coefficient (Wildman–Crippen LogP) is 2.60. The molecule has 0 radical (unpaired) electrons. The van der Waals surface area contributed by atoms with E-state index < -0.39 is 0 Å². The van der Waals surface area contributed by atoms with Crippen LogP contribution in [0.25, 0.3) is 0 Å². The Balaban J connectivity index is 0.00000162. The van der Waals surface area contributed by atoms with Crippen LogP contribution in [0, 0.1) is 0 Å². The Morgan fingerprint density at radius 2 is 2.06 bits per heavy atom. The number of ether oxygens (including phenoxy) is 1. The van der Waals surface area contributed by atoms with Crippen molar-refractivity contribution < 1.29 is 4.74 Å². The van der Waals surface area contributed by atoms with Gasteiger partial charge in [0, 0.05) is 29.3 Å². The van der Waals surface area contributed by atoms with E-state index >= 15 is 0 Å². The largest absolute Gasteiger partial charge is 0.378 e. The van der Waals surface area contributed by atoms with E-state index in [4.69, 9.17) is 10.5 Å². The van der Waals surface area contributed by atoms with Crippen molar-refractivity contribution >= 4 is 34.0 Å². The number of hydrogen-bond donors (Lipinski definition) is 1. The van der Waals surface area contributed by atoms with Crippen LogP contribution in [0.3, 0.4) is 0 Å². The van der Waals surface area contributed by atoms with Crippen LogP contribution < -0.4 is 10.6 Å². The average Bonchev–Trinajstić information content (AvgIpc) is 2.32. The predicted molar refractivity (Wildman–Crippen MR) is 81.8 cm³/mol. The Kier molecular flexibility index (Phi) is 6.43. The minimum absolute atomic E-state index is 0. The van der Waals surface area contributed by atoms with Crippen LogP contribution in [0.15, 0.2) is 22.7 Å². The Bertz CT molecular complexity index is 381.